The number of aliphatic hydroxyl groups is 1. The van der Waals surface area contributed by atoms with Gasteiger partial charge in [-0.2, -0.15) is 0 Å². The van der Waals surface area contributed by atoms with E-state index in [-0.39, 0.29) is 29.8 Å². The standard InChI is InChI=1S/C15H27N3O3/c19-13-10-16-8-12(13)9-18-14(20)6-7-17-15(21)11-4-2-1-3-5-11/h11-13,16,19H,1-10H2,(H,17,21)(H,18,20). The van der Waals surface area contributed by atoms with Gasteiger partial charge in [-0.1, -0.05) is 19.3 Å². The minimum atomic E-state index is -0.378. The van der Waals surface area contributed by atoms with Crippen LogP contribution in [0.1, 0.15) is 38.5 Å². The highest BCUT2D eigenvalue weighted by Crippen LogP contribution is 2.23. The summed E-state index contributed by atoms with van der Waals surface area (Å²) in [5, 5.41) is 18.4. The number of rotatable bonds is 6. The van der Waals surface area contributed by atoms with Crippen molar-refractivity contribution in [2.24, 2.45) is 11.8 Å². The molecule has 2 fully saturated rings. The van der Waals surface area contributed by atoms with Crippen LogP contribution in [0.5, 0.6) is 0 Å². The zero-order valence-corrected chi connectivity index (χ0v) is 12.6. The Bertz CT molecular complexity index is 356. The van der Waals surface area contributed by atoms with Gasteiger partial charge in [0.25, 0.3) is 0 Å². The molecule has 0 radical (unpaired) electrons. The van der Waals surface area contributed by atoms with Crippen molar-refractivity contribution in [2.45, 2.75) is 44.6 Å². The molecule has 2 amide bonds. The Morgan fingerprint density at radius 2 is 1.86 bits per heavy atom. The zero-order chi connectivity index (χ0) is 15.1. The van der Waals surface area contributed by atoms with Crippen molar-refractivity contribution in [3.63, 3.8) is 0 Å². The van der Waals surface area contributed by atoms with Crippen molar-refractivity contribution in [3.05, 3.63) is 0 Å². The summed E-state index contributed by atoms with van der Waals surface area (Å²) in [7, 11) is 0. The molecule has 2 atom stereocenters. The van der Waals surface area contributed by atoms with E-state index in [2.05, 4.69) is 16.0 Å². The predicted molar refractivity (Wildman–Crippen MR) is 79.6 cm³/mol. The summed E-state index contributed by atoms with van der Waals surface area (Å²) in [5.74, 6) is 0.253. The van der Waals surface area contributed by atoms with E-state index in [0.29, 0.717) is 26.1 Å². The summed E-state index contributed by atoms with van der Waals surface area (Å²) in [4.78, 5) is 23.6. The maximum Gasteiger partial charge on any atom is 0.223 e. The second kappa shape index (κ2) is 8.34. The summed E-state index contributed by atoms with van der Waals surface area (Å²) in [6.07, 6.45) is 5.38. The quantitative estimate of drug-likeness (QED) is 0.545. The first-order valence-corrected chi connectivity index (χ1v) is 8.10. The fraction of sp³-hybridized carbons (Fsp3) is 0.867. The highest BCUT2D eigenvalue weighted by Gasteiger charge is 2.25. The monoisotopic (exact) mass is 297 g/mol. The van der Waals surface area contributed by atoms with Gasteiger partial charge in [0.2, 0.25) is 11.8 Å². The van der Waals surface area contributed by atoms with Crippen LogP contribution in [-0.2, 0) is 9.59 Å². The molecule has 0 aromatic heterocycles. The molecule has 6 heteroatoms. The second-order valence-corrected chi connectivity index (χ2v) is 6.17. The van der Waals surface area contributed by atoms with Gasteiger partial charge < -0.3 is 21.1 Å². The van der Waals surface area contributed by atoms with E-state index in [1.165, 1.54) is 6.42 Å². The van der Waals surface area contributed by atoms with Crippen LogP contribution in [-0.4, -0.2) is 49.2 Å². The van der Waals surface area contributed by atoms with Gasteiger partial charge >= 0.3 is 0 Å². The van der Waals surface area contributed by atoms with Crippen LogP contribution >= 0.6 is 0 Å². The number of β-amino-alcohol motifs (C(OH)–C–C–N with tert-alkyl or cyclic N) is 1. The van der Waals surface area contributed by atoms with Crippen molar-refractivity contribution >= 4 is 11.8 Å². The molecule has 1 aliphatic carbocycles. The maximum atomic E-state index is 11.9. The lowest BCUT2D eigenvalue weighted by atomic mass is 9.89. The van der Waals surface area contributed by atoms with Crippen LogP contribution in [0.3, 0.4) is 0 Å². The smallest absolute Gasteiger partial charge is 0.223 e. The summed E-state index contributed by atoms with van der Waals surface area (Å²) in [5.41, 5.74) is 0. The third kappa shape index (κ3) is 5.28. The molecule has 2 rings (SSSR count). The SMILES string of the molecule is O=C(CCNC(=O)C1CCCCC1)NCC1CNCC1O. The Morgan fingerprint density at radius 1 is 1.10 bits per heavy atom. The van der Waals surface area contributed by atoms with Gasteiger partial charge in [0.1, 0.15) is 0 Å². The minimum absolute atomic E-state index is 0.0713. The van der Waals surface area contributed by atoms with E-state index < -0.39 is 0 Å². The summed E-state index contributed by atoms with van der Waals surface area (Å²) in [6, 6.07) is 0. The molecule has 1 heterocycles. The normalized spacial score (nSPS) is 26.5. The molecule has 120 valence electrons. The Hall–Kier alpha value is -1.14. The van der Waals surface area contributed by atoms with Crippen molar-refractivity contribution in [3.8, 4) is 0 Å². The van der Waals surface area contributed by atoms with Crippen molar-refractivity contribution in [1.29, 1.82) is 0 Å². The van der Waals surface area contributed by atoms with Crippen LogP contribution < -0.4 is 16.0 Å². The number of aliphatic hydroxyl groups excluding tert-OH is 1. The van der Waals surface area contributed by atoms with E-state index in [0.717, 1.165) is 32.2 Å². The van der Waals surface area contributed by atoms with Gasteiger partial charge in [0.05, 0.1) is 6.10 Å². The molecular formula is C15H27N3O3. The first-order chi connectivity index (χ1) is 10.2. The highest BCUT2D eigenvalue weighted by molar-refractivity contribution is 5.80. The average molecular weight is 297 g/mol. The number of carbonyl (C=O) groups is 2. The third-order valence-electron chi connectivity index (χ3n) is 4.49. The third-order valence-corrected chi connectivity index (χ3v) is 4.49. The number of hydrogen-bond donors (Lipinski definition) is 4. The van der Waals surface area contributed by atoms with E-state index in [4.69, 9.17) is 0 Å². The number of carbonyl (C=O) groups excluding carboxylic acids is 2. The molecule has 1 aliphatic heterocycles. The molecular weight excluding hydrogens is 270 g/mol. The molecule has 0 bridgehead atoms. The summed E-state index contributed by atoms with van der Waals surface area (Å²) < 4.78 is 0. The Labute approximate surface area is 126 Å². The topological polar surface area (TPSA) is 90.5 Å². The van der Waals surface area contributed by atoms with Crippen molar-refractivity contribution in [1.82, 2.24) is 16.0 Å². The molecule has 6 nitrogen and oxygen atoms in total. The molecule has 4 N–H and O–H groups in total. The molecule has 1 saturated carbocycles. The fourth-order valence-corrected chi connectivity index (χ4v) is 3.07. The summed E-state index contributed by atoms with van der Waals surface area (Å²) in [6.45, 7) is 2.22. The van der Waals surface area contributed by atoms with Gasteiger partial charge in [-0.3, -0.25) is 9.59 Å². The van der Waals surface area contributed by atoms with E-state index >= 15 is 0 Å². The van der Waals surface area contributed by atoms with Crippen LogP contribution in [0.25, 0.3) is 0 Å². The van der Waals surface area contributed by atoms with E-state index in [1.54, 1.807) is 0 Å². The average Bonchev–Trinajstić information content (AvgIpc) is 2.91. The highest BCUT2D eigenvalue weighted by atomic mass is 16.3. The van der Waals surface area contributed by atoms with Gasteiger partial charge in [-0.05, 0) is 12.8 Å². The van der Waals surface area contributed by atoms with Gasteiger partial charge in [-0.25, -0.2) is 0 Å². The van der Waals surface area contributed by atoms with Crippen LogP contribution in [0.2, 0.25) is 0 Å². The maximum absolute atomic E-state index is 11.9. The zero-order valence-electron chi connectivity index (χ0n) is 12.6. The molecule has 21 heavy (non-hydrogen) atoms. The molecule has 0 aromatic carbocycles. The Kier molecular flexibility index (Phi) is 6.45. The number of amides is 2. The first kappa shape index (κ1) is 16.2. The molecule has 2 aliphatic rings. The van der Waals surface area contributed by atoms with Crippen LogP contribution in [0.15, 0.2) is 0 Å². The molecule has 0 spiro atoms. The molecule has 0 aromatic rings. The lowest BCUT2D eigenvalue weighted by molar-refractivity contribution is -0.126. The molecule has 2 unspecified atom stereocenters. The van der Waals surface area contributed by atoms with Gasteiger partial charge in [0.15, 0.2) is 0 Å². The number of hydrogen-bond acceptors (Lipinski definition) is 4. The van der Waals surface area contributed by atoms with Crippen molar-refractivity contribution < 1.29 is 14.7 Å². The number of nitrogens with one attached hydrogen (secondary N) is 3. The first-order valence-electron chi connectivity index (χ1n) is 8.10. The largest absolute Gasteiger partial charge is 0.391 e. The fourth-order valence-electron chi connectivity index (χ4n) is 3.07. The Morgan fingerprint density at radius 3 is 2.52 bits per heavy atom. The molecule has 1 saturated heterocycles. The van der Waals surface area contributed by atoms with E-state index in [1.807, 2.05) is 0 Å². The van der Waals surface area contributed by atoms with Crippen LogP contribution in [0.4, 0.5) is 0 Å². The van der Waals surface area contributed by atoms with Gasteiger partial charge in [0, 0.05) is 44.4 Å². The lowest BCUT2D eigenvalue weighted by Gasteiger charge is -2.20. The van der Waals surface area contributed by atoms with Gasteiger partial charge in [-0.15, -0.1) is 0 Å². The minimum Gasteiger partial charge on any atom is -0.391 e. The van der Waals surface area contributed by atoms with Crippen molar-refractivity contribution in [2.75, 3.05) is 26.2 Å². The van der Waals surface area contributed by atoms with E-state index in [9.17, 15) is 14.7 Å². The Balaban J connectivity index is 1.55. The lowest BCUT2D eigenvalue weighted by Crippen LogP contribution is -2.37. The summed E-state index contributed by atoms with van der Waals surface area (Å²) >= 11 is 0. The predicted octanol–water partition coefficient (Wildman–Crippen LogP) is -0.230. The van der Waals surface area contributed by atoms with Crippen LogP contribution in [0, 0.1) is 11.8 Å². The second-order valence-electron chi connectivity index (χ2n) is 6.17.